The minimum Gasteiger partial charge on any atom is -0.324 e. The van der Waals surface area contributed by atoms with Gasteiger partial charge in [0.1, 0.15) is 12.1 Å². The fourth-order valence-corrected chi connectivity index (χ4v) is 4.15. The third kappa shape index (κ3) is 3.49. The Morgan fingerprint density at radius 1 is 1.17 bits per heavy atom. The van der Waals surface area contributed by atoms with E-state index in [1.165, 1.54) is 11.1 Å². The monoisotopic (exact) mass is 411 g/mol. The fourth-order valence-electron chi connectivity index (χ4n) is 3.98. The first-order chi connectivity index (χ1) is 13.8. The summed E-state index contributed by atoms with van der Waals surface area (Å²) in [6.07, 6.45) is 3.12. The summed E-state index contributed by atoms with van der Waals surface area (Å²) < 4.78 is 0. The molecule has 2 N–H and O–H groups in total. The predicted molar refractivity (Wildman–Crippen MR) is 111 cm³/mol. The maximum atomic E-state index is 13.1. The molecule has 29 heavy (non-hydrogen) atoms. The molecule has 1 heterocycles. The number of anilines is 1. The Hall–Kier alpha value is -2.86. The van der Waals surface area contributed by atoms with Gasteiger partial charge in [-0.05, 0) is 67.5 Å². The smallest absolute Gasteiger partial charge is 0.324 e. The van der Waals surface area contributed by atoms with E-state index in [2.05, 4.69) is 10.6 Å². The van der Waals surface area contributed by atoms with Gasteiger partial charge in [0.15, 0.2) is 0 Å². The number of fused-ring (bicyclic) bond motifs is 1. The summed E-state index contributed by atoms with van der Waals surface area (Å²) in [6, 6.07) is 10.5. The van der Waals surface area contributed by atoms with Crippen molar-refractivity contribution in [1.29, 1.82) is 0 Å². The Morgan fingerprint density at radius 3 is 2.72 bits per heavy atom. The van der Waals surface area contributed by atoms with E-state index in [0.29, 0.717) is 10.7 Å². The average molecular weight is 412 g/mol. The third-order valence-corrected chi connectivity index (χ3v) is 5.96. The number of halogens is 1. The van der Waals surface area contributed by atoms with Crippen molar-refractivity contribution in [2.75, 3.05) is 11.9 Å². The molecule has 2 aromatic rings. The molecule has 1 saturated heterocycles. The number of hydrogen-bond acceptors (Lipinski definition) is 3. The maximum Gasteiger partial charge on any atom is 0.325 e. The van der Waals surface area contributed by atoms with Crippen LogP contribution in [0.4, 0.5) is 10.5 Å². The van der Waals surface area contributed by atoms with Gasteiger partial charge >= 0.3 is 6.03 Å². The number of hydrogen-bond donors (Lipinski definition) is 2. The van der Waals surface area contributed by atoms with Crippen LogP contribution in [0, 0.1) is 6.92 Å². The van der Waals surface area contributed by atoms with E-state index < -0.39 is 23.4 Å². The van der Waals surface area contributed by atoms with Crippen LogP contribution >= 0.6 is 11.6 Å². The second-order valence-corrected chi connectivity index (χ2v) is 8.23. The molecule has 1 aliphatic heterocycles. The highest BCUT2D eigenvalue weighted by Gasteiger charge is 2.49. The molecule has 150 valence electrons. The molecule has 0 saturated carbocycles. The lowest BCUT2D eigenvalue weighted by atomic mass is 9.89. The highest BCUT2D eigenvalue weighted by molar-refractivity contribution is 6.31. The number of carbonyl (C=O) groups is 3. The van der Waals surface area contributed by atoms with Crippen molar-refractivity contribution in [1.82, 2.24) is 10.2 Å². The molecule has 0 aromatic heterocycles. The lowest BCUT2D eigenvalue weighted by molar-refractivity contribution is -0.133. The number of amides is 4. The Morgan fingerprint density at radius 2 is 1.93 bits per heavy atom. The quantitative estimate of drug-likeness (QED) is 0.755. The van der Waals surface area contributed by atoms with Crippen LogP contribution in [0.15, 0.2) is 36.4 Å². The lowest BCUT2D eigenvalue weighted by Gasteiger charge is -2.23. The van der Waals surface area contributed by atoms with Gasteiger partial charge in [0.25, 0.3) is 5.91 Å². The third-order valence-electron chi connectivity index (χ3n) is 5.73. The topological polar surface area (TPSA) is 78.5 Å². The van der Waals surface area contributed by atoms with Gasteiger partial charge in [0.05, 0.1) is 0 Å². The Labute approximate surface area is 174 Å². The van der Waals surface area contributed by atoms with Gasteiger partial charge in [-0.3, -0.25) is 14.5 Å². The summed E-state index contributed by atoms with van der Waals surface area (Å²) >= 11 is 5.98. The molecule has 4 rings (SSSR count). The summed E-state index contributed by atoms with van der Waals surface area (Å²) in [5.41, 5.74) is 3.46. The SMILES string of the molecule is Cc1ccc(Cl)cc1NC(=O)CN1C(=O)NC(C)(c2ccc3c(c2)CCC3)C1=O. The van der Waals surface area contributed by atoms with Gasteiger partial charge < -0.3 is 10.6 Å². The normalized spacial score (nSPS) is 20.6. The van der Waals surface area contributed by atoms with Crippen LogP contribution in [0.2, 0.25) is 5.02 Å². The summed E-state index contributed by atoms with van der Waals surface area (Å²) in [5.74, 6) is -0.893. The summed E-state index contributed by atoms with van der Waals surface area (Å²) in [5, 5.41) is 5.98. The molecule has 7 heteroatoms. The van der Waals surface area contributed by atoms with E-state index in [4.69, 9.17) is 11.6 Å². The molecule has 1 unspecified atom stereocenters. The number of nitrogens with one attached hydrogen (secondary N) is 2. The first kappa shape index (κ1) is 19.5. The molecule has 6 nitrogen and oxygen atoms in total. The minimum atomic E-state index is -1.18. The van der Waals surface area contributed by atoms with Crippen LogP contribution in [0.5, 0.6) is 0 Å². The van der Waals surface area contributed by atoms with Crippen molar-refractivity contribution in [2.24, 2.45) is 0 Å². The van der Waals surface area contributed by atoms with Crippen LogP contribution in [-0.4, -0.2) is 29.3 Å². The van der Waals surface area contributed by atoms with E-state index >= 15 is 0 Å². The van der Waals surface area contributed by atoms with Gasteiger partial charge in [-0.2, -0.15) is 0 Å². The Balaban J connectivity index is 1.52. The number of urea groups is 1. The zero-order valence-electron chi connectivity index (χ0n) is 16.3. The molecule has 2 aliphatic rings. The van der Waals surface area contributed by atoms with Crippen molar-refractivity contribution in [3.05, 3.63) is 63.7 Å². The van der Waals surface area contributed by atoms with Crippen molar-refractivity contribution < 1.29 is 14.4 Å². The molecular weight excluding hydrogens is 390 g/mol. The zero-order chi connectivity index (χ0) is 20.8. The number of aryl methyl sites for hydroxylation is 3. The van der Waals surface area contributed by atoms with Gasteiger partial charge in [-0.1, -0.05) is 35.9 Å². The van der Waals surface area contributed by atoms with Crippen LogP contribution in [0.3, 0.4) is 0 Å². The van der Waals surface area contributed by atoms with Crippen LogP contribution in [0.25, 0.3) is 0 Å². The van der Waals surface area contributed by atoms with Gasteiger partial charge in [-0.15, -0.1) is 0 Å². The minimum absolute atomic E-state index is 0.364. The van der Waals surface area contributed by atoms with Gasteiger partial charge in [-0.25, -0.2) is 4.79 Å². The molecular formula is C22H22ClN3O3. The van der Waals surface area contributed by atoms with E-state index in [9.17, 15) is 14.4 Å². The molecule has 2 aromatic carbocycles. The first-order valence-corrected chi connectivity index (χ1v) is 9.98. The van der Waals surface area contributed by atoms with Crippen molar-refractivity contribution in [3.8, 4) is 0 Å². The van der Waals surface area contributed by atoms with E-state index in [-0.39, 0.29) is 6.54 Å². The molecule has 1 aliphatic carbocycles. The van der Waals surface area contributed by atoms with Crippen LogP contribution < -0.4 is 10.6 Å². The van der Waals surface area contributed by atoms with Crippen molar-refractivity contribution >= 4 is 35.1 Å². The fraction of sp³-hybridized carbons (Fsp3) is 0.318. The number of imide groups is 1. The number of nitrogens with zero attached hydrogens (tertiary/aromatic N) is 1. The lowest BCUT2D eigenvalue weighted by Crippen LogP contribution is -2.42. The highest BCUT2D eigenvalue weighted by atomic mass is 35.5. The summed E-state index contributed by atoms with van der Waals surface area (Å²) in [6.45, 7) is 3.16. The van der Waals surface area contributed by atoms with Gasteiger partial charge in [0, 0.05) is 10.7 Å². The molecule has 1 fully saturated rings. The molecule has 0 spiro atoms. The van der Waals surface area contributed by atoms with Crippen LogP contribution in [-0.2, 0) is 28.0 Å². The van der Waals surface area contributed by atoms with E-state index in [0.717, 1.165) is 35.3 Å². The number of carbonyl (C=O) groups excluding carboxylic acids is 3. The standard InChI is InChI=1S/C22H22ClN3O3/c1-13-6-9-17(23)11-18(13)24-19(27)12-26-20(28)22(2,25-21(26)29)16-8-7-14-4-3-5-15(14)10-16/h6-11H,3-5,12H2,1-2H3,(H,24,27)(H,25,29). The molecule has 4 amide bonds. The molecule has 1 atom stereocenters. The second kappa shape index (κ2) is 7.19. The largest absolute Gasteiger partial charge is 0.325 e. The van der Waals surface area contributed by atoms with Crippen molar-refractivity contribution in [2.45, 2.75) is 38.6 Å². The first-order valence-electron chi connectivity index (χ1n) is 9.60. The summed E-state index contributed by atoms with van der Waals surface area (Å²) in [4.78, 5) is 39.1. The number of rotatable bonds is 4. The van der Waals surface area contributed by atoms with E-state index in [1.54, 1.807) is 25.1 Å². The molecule has 0 radical (unpaired) electrons. The maximum absolute atomic E-state index is 13.1. The molecule has 0 bridgehead atoms. The van der Waals surface area contributed by atoms with Gasteiger partial charge in [0.2, 0.25) is 5.91 Å². The van der Waals surface area contributed by atoms with Crippen LogP contribution in [0.1, 0.15) is 35.6 Å². The Kier molecular flexibility index (Phi) is 4.82. The number of benzene rings is 2. The van der Waals surface area contributed by atoms with E-state index in [1.807, 2.05) is 25.1 Å². The highest BCUT2D eigenvalue weighted by Crippen LogP contribution is 2.32. The Bertz CT molecular complexity index is 1040. The average Bonchev–Trinajstić information content (AvgIpc) is 3.23. The summed E-state index contributed by atoms with van der Waals surface area (Å²) in [7, 11) is 0. The van der Waals surface area contributed by atoms with Crippen molar-refractivity contribution in [3.63, 3.8) is 0 Å². The second-order valence-electron chi connectivity index (χ2n) is 7.79. The zero-order valence-corrected chi connectivity index (χ0v) is 17.1. The predicted octanol–water partition coefficient (Wildman–Crippen LogP) is 3.54.